The fourth-order valence-electron chi connectivity index (χ4n) is 1.66. The van der Waals surface area contributed by atoms with Crippen molar-refractivity contribution in [3.05, 3.63) is 22.2 Å². The Morgan fingerprint density at radius 2 is 1.89 bits per heavy atom. The van der Waals surface area contributed by atoms with E-state index in [0.29, 0.717) is 12.6 Å². The van der Waals surface area contributed by atoms with Crippen LogP contribution in [0.15, 0.2) is 16.6 Å². The maximum Gasteiger partial charge on any atom is 0.175 e. The van der Waals surface area contributed by atoms with Gasteiger partial charge in [0, 0.05) is 12.6 Å². The molecule has 0 aliphatic rings. The number of ether oxygens (including phenoxy) is 2. The van der Waals surface area contributed by atoms with Crippen molar-refractivity contribution in [2.75, 3.05) is 6.61 Å². The van der Waals surface area contributed by atoms with Gasteiger partial charge < -0.3 is 14.8 Å². The van der Waals surface area contributed by atoms with E-state index in [0.717, 1.165) is 22.5 Å². The van der Waals surface area contributed by atoms with E-state index in [1.54, 1.807) is 0 Å². The lowest BCUT2D eigenvalue weighted by molar-refractivity contribution is 0.222. The third-order valence-electron chi connectivity index (χ3n) is 2.44. The first-order valence-electron chi connectivity index (χ1n) is 6.79. The molecule has 0 bridgehead atoms. The van der Waals surface area contributed by atoms with Crippen molar-refractivity contribution < 1.29 is 9.47 Å². The van der Waals surface area contributed by atoms with Gasteiger partial charge in [0.15, 0.2) is 11.5 Å². The van der Waals surface area contributed by atoms with Crippen molar-refractivity contribution in [3.8, 4) is 11.5 Å². The summed E-state index contributed by atoms with van der Waals surface area (Å²) in [6, 6.07) is 4.58. The quantitative estimate of drug-likeness (QED) is 0.815. The molecule has 1 aromatic carbocycles. The van der Waals surface area contributed by atoms with Crippen molar-refractivity contribution in [1.82, 2.24) is 5.32 Å². The molecule has 0 heterocycles. The zero-order valence-corrected chi connectivity index (χ0v) is 14.0. The Balaban J connectivity index is 2.99. The van der Waals surface area contributed by atoms with Gasteiger partial charge in [-0.15, -0.1) is 0 Å². The molecule has 0 amide bonds. The van der Waals surface area contributed by atoms with Crippen LogP contribution < -0.4 is 14.8 Å². The Kier molecular flexibility index (Phi) is 6.66. The molecule has 0 unspecified atom stereocenters. The lowest BCUT2D eigenvalue weighted by Gasteiger charge is -2.18. The van der Waals surface area contributed by atoms with Crippen LogP contribution in [0.1, 0.15) is 40.2 Å². The summed E-state index contributed by atoms with van der Waals surface area (Å²) in [5.41, 5.74) is 1.18. The van der Waals surface area contributed by atoms with E-state index >= 15 is 0 Å². The highest BCUT2D eigenvalue weighted by Crippen LogP contribution is 2.37. The predicted octanol–water partition coefficient (Wildman–Crippen LogP) is 4.13. The average molecular weight is 330 g/mol. The second-order valence-corrected chi connectivity index (χ2v) is 5.89. The van der Waals surface area contributed by atoms with Crippen LogP contribution >= 0.6 is 15.9 Å². The second-order valence-electron chi connectivity index (χ2n) is 5.04. The first-order valence-corrected chi connectivity index (χ1v) is 7.58. The van der Waals surface area contributed by atoms with Gasteiger partial charge in [-0.25, -0.2) is 0 Å². The molecule has 108 valence electrons. The van der Waals surface area contributed by atoms with Crippen LogP contribution in [0, 0.1) is 0 Å². The lowest BCUT2D eigenvalue weighted by atomic mass is 10.2. The fourth-order valence-corrected chi connectivity index (χ4v) is 2.24. The first kappa shape index (κ1) is 16.3. The van der Waals surface area contributed by atoms with Gasteiger partial charge in [0.25, 0.3) is 0 Å². The first-order chi connectivity index (χ1) is 8.93. The van der Waals surface area contributed by atoms with Crippen LogP contribution in [0.25, 0.3) is 0 Å². The smallest absolute Gasteiger partial charge is 0.175 e. The molecule has 0 aromatic heterocycles. The molecule has 0 radical (unpaired) electrons. The van der Waals surface area contributed by atoms with E-state index < -0.39 is 0 Å². The molecule has 0 aliphatic heterocycles. The molecule has 0 saturated carbocycles. The molecule has 0 fully saturated rings. The van der Waals surface area contributed by atoms with Crippen molar-refractivity contribution in [2.24, 2.45) is 0 Å². The van der Waals surface area contributed by atoms with Crippen molar-refractivity contribution in [2.45, 2.75) is 53.3 Å². The molecule has 4 heteroatoms. The van der Waals surface area contributed by atoms with Gasteiger partial charge in [-0.2, -0.15) is 0 Å². The van der Waals surface area contributed by atoms with E-state index in [1.165, 1.54) is 5.56 Å². The summed E-state index contributed by atoms with van der Waals surface area (Å²) in [6.45, 7) is 11.7. The largest absolute Gasteiger partial charge is 0.490 e. The molecule has 0 saturated heterocycles. The van der Waals surface area contributed by atoms with E-state index in [-0.39, 0.29) is 6.10 Å². The number of rotatable bonds is 7. The summed E-state index contributed by atoms with van der Waals surface area (Å²) in [5.74, 6) is 1.58. The third kappa shape index (κ3) is 5.41. The summed E-state index contributed by atoms with van der Waals surface area (Å²) in [4.78, 5) is 0. The van der Waals surface area contributed by atoms with Gasteiger partial charge in [-0.3, -0.25) is 0 Å². The number of nitrogens with one attached hydrogen (secondary N) is 1. The van der Waals surface area contributed by atoms with Gasteiger partial charge in [0.05, 0.1) is 17.2 Å². The summed E-state index contributed by atoms with van der Waals surface area (Å²) in [5, 5.41) is 3.40. The van der Waals surface area contributed by atoms with E-state index in [4.69, 9.17) is 9.47 Å². The van der Waals surface area contributed by atoms with Crippen LogP contribution in [-0.2, 0) is 6.54 Å². The minimum atomic E-state index is 0.121. The molecule has 0 spiro atoms. The SMILES string of the molecule is CCOc1cc(CNC(C)C)cc(Br)c1OC(C)C. The normalized spacial score (nSPS) is 11.2. The van der Waals surface area contributed by atoms with Gasteiger partial charge in [0.2, 0.25) is 0 Å². The zero-order valence-electron chi connectivity index (χ0n) is 12.4. The molecule has 1 N–H and O–H groups in total. The predicted molar refractivity (Wildman–Crippen MR) is 83.1 cm³/mol. The summed E-state index contributed by atoms with van der Waals surface area (Å²) >= 11 is 3.57. The number of benzene rings is 1. The van der Waals surface area contributed by atoms with Gasteiger partial charge in [-0.1, -0.05) is 13.8 Å². The summed E-state index contributed by atoms with van der Waals surface area (Å²) < 4.78 is 12.4. The highest BCUT2D eigenvalue weighted by Gasteiger charge is 2.13. The molecular formula is C15H24BrNO2. The Bertz CT molecular complexity index is 405. The van der Waals surface area contributed by atoms with Crippen LogP contribution in [0.4, 0.5) is 0 Å². The van der Waals surface area contributed by atoms with Gasteiger partial charge in [0.1, 0.15) is 0 Å². The molecule has 19 heavy (non-hydrogen) atoms. The van der Waals surface area contributed by atoms with E-state index in [1.807, 2.05) is 26.8 Å². The number of hydrogen-bond acceptors (Lipinski definition) is 3. The van der Waals surface area contributed by atoms with Crippen molar-refractivity contribution >= 4 is 15.9 Å². The maximum atomic E-state index is 5.82. The van der Waals surface area contributed by atoms with Crippen LogP contribution in [-0.4, -0.2) is 18.8 Å². The highest BCUT2D eigenvalue weighted by molar-refractivity contribution is 9.10. The van der Waals surface area contributed by atoms with Gasteiger partial charge in [-0.05, 0) is 54.4 Å². The molecule has 1 aromatic rings. The second kappa shape index (κ2) is 7.75. The van der Waals surface area contributed by atoms with Gasteiger partial charge >= 0.3 is 0 Å². The standard InChI is InChI=1S/C15H24BrNO2/c1-6-18-14-8-12(9-17-10(2)3)7-13(16)15(14)19-11(4)5/h7-8,10-11,17H,6,9H2,1-5H3. The highest BCUT2D eigenvalue weighted by atomic mass is 79.9. The molecule has 0 atom stereocenters. The average Bonchev–Trinajstić information content (AvgIpc) is 2.31. The van der Waals surface area contributed by atoms with Crippen LogP contribution in [0.2, 0.25) is 0 Å². The number of halogens is 1. The van der Waals surface area contributed by atoms with E-state index in [2.05, 4.69) is 41.2 Å². The Morgan fingerprint density at radius 3 is 2.42 bits per heavy atom. The maximum absolute atomic E-state index is 5.82. The zero-order chi connectivity index (χ0) is 14.4. The Morgan fingerprint density at radius 1 is 1.21 bits per heavy atom. The fraction of sp³-hybridized carbons (Fsp3) is 0.600. The van der Waals surface area contributed by atoms with Crippen LogP contribution in [0.3, 0.4) is 0 Å². The molecule has 3 nitrogen and oxygen atoms in total. The van der Waals surface area contributed by atoms with Crippen molar-refractivity contribution in [3.63, 3.8) is 0 Å². The summed E-state index contributed by atoms with van der Waals surface area (Å²) in [6.07, 6.45) is 0.121. The lowest BCUT2D eigenvalue weighted by Crippen LogP contribution is -2.21. The minimum Gasteiger partial charge on any atom is -0.490 e. The Labute approximate surface area is 124 Å². The van der Waals surface area contributed by atoms with Crippen LogP contribution in [0.5, 0.6) is 11.5 Å². The molecule has 0 aliphatic carbocycles. The minimum absolute atomic E-state index is 0.121. The summed E-state index contributed by atoms with van der Waals surface area (Å²) in [7, 11) is 0. The van der Waals surface area contributed by atoms with E-state index in [9.17, 15) is 0 Å². The Hall–Kier alpha value is -0.740. The number of hydrogen-bond donors (Lipinski definition) is 1. The molecular weight excluding hydrogens is 306 g/mol. The van der Waals surface area contributed by atoms with Crippen molar-refractivity contribution in [1.29, 1.82) is 0 Å². The third-order valence-corrected chi connectivity index (χ3v) is 3.03. The monoisotopic (exact) mass is 329 g/mol. The topological polar surface area (TPSA) is 30.5 Å². The molecule has 1 rings (SSSR count).